The van der Waals surface area contributed by atoms with Crippen molar-refractivity contribution >= 4 is 40.4 Å². The summed E-state index contributed by atoms with van der Waals surface area (Å²) in [5.74, 6) is -1.55. The molecule has 0 bridgehead atoms. The number of phenolic OH excluding ortho intramolecular Hbond substituents is 1. The van der Waals surface area contributed by atoms with Crippen LogP contribution in [0.5, 0.6) is 11.5 Å². The van der Waals surface area contributed by atoms with Gasteiger partial charge in [0, 0.05) is 5.33 Å². The topological polar surface area (TPSA) is 127 Å². The lowest BCUT2D eigenvalue weighted by atomic mass is 10.1. The van der Waals surface area contributed by atoms with E-state index in [1.165, 1.54) is 17.7 Å². The molecule has 5 rings (SSSR count). The number of esters is 1. The molecule has 0 aliphatic heterocycles. The van der Waals surface area contributed by atoms with E-state index in [-0.39, 0.29) is 23.5 Å². The number of carbonyl (C=O) groups excluding carboxylic acids is 3. The van der Waals surface area contributed by atoms with Crippen molar-refractivity contribution in [2.24, 2.45) is 0 Å². The van der Waals surface area contributed by atoms with Gasteiger partial charge in [0.25, 0.3) is 0 Å². The van der Waals surface area contributed by atoms with Crippen LogP contribution in [0.15, 0.2) is 127 Å². The summed E-state index contributed by atoms with van der Waals surface area (Å²) in [7, 11) is 0. The van der Waals surface area contributed by atoms with Crippen LogP contribution in [0.3, 0.4) is 0 Å². The van der Waals surface area contributed by atoms with E-state index in [1.54, 1.807) is 18.2 Å². The Kier molecular flexibility index (Phi) is 14.4. The van der Waals surface area contributed by atoms with Gasteiger partial charge in [-0.3, -0.25) is 9.59 Å². The van der Waals surface area contributed by atoms with Gasteiger partial charge in [-0.15, -0.1) is 0 Å². The highest BCUT2D eigenvalue weighted by molar-refractivity contribution is 9.08. The Balaban J connectivity index is 0.000000236. The minimum atomic E-state index is -1.14. The Hall–Kier alpha value is -5.54. The third-order valence-corrected chi connectivity index (χ3v) is 6.88. The Morgan fingerprint density at radius 1 is 0.630 bits per heavy atom. The van der Waals surface area contributed by atoms with Crippen LogP contribution in [-0.4, -0.2) is 34.7 Å². The van der Waals surface area contributed by atoms with E-state index in [1.807, 2.05) is 78.9 Å². The number of phenols is 1. The van der Waals surface area contributed by atoms with Gasteiger partial charge in [-0.25, -0.2) is 9.59 Å². The summed E-state index contributed by atoms with van der Waals surface area (Å²) in [5.41, 5.74) is 3.98. The number of aromatic carboxylic acids is 1. The summed E-state index contributed by atoms with van der Waals surface area (Å²) in [6, 6.07) is 37.5. The van der Waals surface area contributed by atoms with Crippen molar-refractivity contribution in [3.8, 4) is 11.5 Å². The molecule has 5 aromatic carbocycles. The molecule has 0 amide bonds. The smallest absolute Gasteiger partial charge is 0.338 e. The van der Waals surface area contributed by atoms with Gasteiger partial charge in [-0.05, 0) is 53.1 Å². The second-order valence-electron chi connectivity index (χ2n) is 9.52. The van der Waals surface area contributed by atoms with Crippen molar-refractivity contribution in [2.45, 2.75) is 18.5 Å². The SMILES string of the molecule is BrCc1ccccc1.O=Cc1ccc(C(=O)O)cc1O.O=Cc1ccc(C(=O)OCc2ccccc2)cc1OCc1ccccc1. The molecule has 0 heterocycles. The summed E-state index contributed by atoms with van der Waals surface area (Å²) in [6.07, 6.45) is 1.17. The third-order valence-electron chi connectivity index (χ3n) is 6.23. The maximum absolute atomic E-state index is 12.3. The fraction of sp³-hybridized carbons (Fsp3) is 0.0811. The van der Waals surface area contributed by atoms with Gasteiger partial charge in [0.15, 0.2) is 12.6 Å². The first kappa shape index (κ1) is 34.9. The number of ether oxygens (including phenoxy) is 2. The Morgan fingerprint density at radius 2 is 1.13 bits per heavy atom. The van der Waals surface area contributed by atoms with E-state index in [2.05, 4.69) is 28.1 Å². The molecule has 0 aliphatic rings. The Labute approximate surface area is 275 Å². The van der Waals surface area contributed by atoms with Gasteiger partial charge < -0.3 is 19.7 Å². The van der Waals surface area contributed by atoms with Gasteiger partial charge in [0.2, 0.25) is 0 Å². The van der Waals surface area contributed by atoms with Crippen LogP contribution in [0.2, 0.25) is 0 Å². The molecule has 0 unspecified atom stereocenters. The van der Waals surface area contributed by atoms with Crippen molar-refractivity contribution in [3.05, 3.63) is 166 Å². The van der Waals surface area contributed by atoms with Gasteiger partial charge >= 0.3 is 11.9 Å². The van der Waals surface area contributed by atoms with Crippen LogP contribution >= 0.6 is 15.9 Å². The van der Waals surface area contributed by atoms with E-state index in [0.29, 0.717) is 36.1 Å². The molecule has 0 aromatic heterocycles. The highest BCUT2D eigenvalue weighted by Crippen LogP contribution is 2.21. The van der Waals surface area contributed by atoms with Crippen LogP contribution in [-0.2, 0) is 23.3 Å². The fourth-order valence-corrected chi connectivity index (χ4v) is 4.14. The number of rotatable bonds is 10. The number of hydrogen-bond donors (Lipinski definition) is 2. The molecule has 0 fully saturated rings. The minimum Gasteiger partial charge on any atom is -0.507 e. The van der Waals surface area contributed by atoms with E-state index in [4.69, 9.17) is 19.7 Å². The number of aldehydes is 2. The van der Waals surface area contributed by atoms with Gasteiger partial charge in [0.05, 0.1) is 22.3 Å². The quantitative estimate of drug-likeness (QED) is 0.0864. The highest BCUT2D eigenvalue weighted by Gasteiger charge is 2.12. The third kappa shape index (κ3) is 11.5. The lowest BCUT2D eigenvalue weighted by Crippen LogP contribution is -2.07. The van der Waals surface area contributed by atoms with E-state index >= 15 is 0 Å². The standard InChI is InChI=1S/C22H18O4.C8H6O4.C7H7Br/c23-14-20-12-11-19(22(24)26-16-18-9-5-2-6-10-18)13-21(20)25-15-17-7-3-1-4-8-17;9-4-6-2-1-5(8(11)12)3-7(6)10;8-6-7-4-2-1-3-5-7/h1-14H,15-16H2;1-4,10H,(H,11,12);1-5H,6H2. The molecule has 0 saturated carbocycles. The molecule has 0 saturated heterocycles. The number of halogens is 1. The molecule has 46 heavy (non-hydrogen) atoms. The molecule has 234 valence electrons. The maximum atomic E-state index is 12.3. The minimum absolute atomic E-state index is 0.0434. The van der Waals surface area contributed by atoms with E-state index < -0.39 is 11.9 Å². The van der Waals surface area contributed by atoms with Crippen LogP contribution in [0.1, 0.15) is 58.1 Å². The fourth-order valence-electron chi connectivity index (χ4n) is 3.77. The first-order chi connectivity index (χ1) is 22.3. The molecule has 0 spiro atoms. The largest absolute Gasteiger partial charge is 0.507 e. The number of carboxylic acid groups (broad SMARTS) is 1. The van der Waals surface area contributed by atoms with Gasteiger partial charge in [-0.1, -0.05) is 107 Å². The second-order valence-corrected chi connectivity index (χ2v) is 10.1. The maximum Gasteiger partial charge on any atom is 0.338 e. The zero-order valence-electron chi connectivity index (χ0n) is 24.6. The van der Waals surface area contributed by atoms with Gasteiger partial charge in [-0.2, -0.15) is 0 Å². The number of alkyl halides is 1. The average Bonchev–Trinajstić information content (AvgIpc) is 3.11. The Morgan fingerprint density at radius 3 is 1.61 bits per heavy atom. The zero-order chi connectivity index (χ0) is 33.1. The van der Waals surface area contributed by atoms with Crippen molar-refractivity contribution in [3.63, 3.8) is 0 Å². The molecule has 8 nitrogen and oxygen atoms in total. The van der Waals surface area contributed by atoms with Crippen LogP contribution in [0.25, 0.3) is 0 Å². The predicted octanol–water partition coefficient (Wildman–Crippen LogP) is 7.92. The molecular formula is C37H31BrO8. The number of aromatic hydroxyl groups is 1. The number of carboxylic acids is 1. The summed E-state index contributed by atoms with van der Waals surface area (Å²) < 4.78 is 11.1. The predicted molar refractivity (Wildman–Crippen MR) is 178 cm³/mol. The highest BCUT2D eigenvalue weighted by atomic mass is 79.9. The molecule has 5 aromatic rings. The summed E-state index contributed by atoms with van der Waals surface area (Å²) in [4.78, 5) is 44.1. The summed E-state index contributed by atoms with van der Waals surface area (Å²) in [6.45, 7) is 0.500. The first-order valence-electron chi connectivity index (χ1n) is 13.9. The van der Waals surface area contributed by atoms with Crippen molar-refractivity contribution in [1.82, 2.24) is 0 Å². The van der Waals surface area contributed by atoms with Crippen molar-refractivity contribution in [2.75, 3.05) is 0 Å². The molecule has 9 heteroatoms. The van der Waals surface area contributed by atoms with Gasteiger partial charge in [0.1, 0.15) is 24.7 Å². The average molecular weight is 684 g/mol. The second kappa shape index (κ2) is 19.0. The molecular weight excluding hydrogens is 652 g/mol. The number of carbonyl (C=O) groups is 4. The van der Waals surface area contributed by atoms with Crippen LogP contribution in [0, 0.1) is 0 Å². The molecule has 0 atom stereocenters. The molecule has 0 radical (unpaired) electrons. The Bertz CT molecular complexity index is 1710. The molecule has 0 aliphatic carbocycles. The number of hydrogen-bond acceptors (Lipinski definition) is 7. The van der Waals surface area contributed by atoms with Crippen molar-refractivity contribution < 1.29 is 38.9 Å². The van der Waals surface area contributed by atoms with E-state index in [0.717, 1.165) is 22.5 Å². The normalized spacial score (nSPS) is 9.76. The van der Waals surface area contributed by atoms with Crippen LogP contribution < -0.4 is 4.74 Å². The number of benzene rings is 5. The lowest BCUT2D eigenvalue weighted by Gasteiger charge is -2.11. The summed E-state index contributed by atoms with van der Waals surface area (Å²) >= 11 is 3.36. The van der Waals surface area contributed by atoms with E-state index in [9.17, 15) is 19.2 Å². The first-order valence-corrected chi connectivity index (χ1v) is 15.0. The zero-order valence-corrected chi connectivity index (χ0v) is 26.2. The van der Waals surface area contributed by atoms with Crippen molar-refractivity contribution in [1.29, 1.82) is 0 Å². The molecule has 2 N–H and O–H groups in total. The van der Waals surface area contributed by atoms with Crippen LogP contribution in [0.4, 0.5) is 0 Å². The lowest BCUT2D eigenvalue weighted by molar-refractivity contribution is 0.0471. The monoisotopic (exact) mass is 682 g/mol. The summed E-state index contributed by atoms with van der Waals surface area (Å²) in [5, 5.41) is 18.5.